The molecule has 0 radical (unpaired) electrons. The summed E-state index contributed by atoms with van der Waals surface area (Å²) in [6.45, 7) is 8.86. The van der Waals surface area contributed by atoms with Gasteiger partial charge in [-0.25, -0.2) is 0 Å². The lowest BCUT2D eigenvalue weighted by atomic mass is 9.83. The van der Waals surface area contributed by atoms with Gasteiger partial charge in [0.1, 0.15) is 0 Å². The minimum atomic E-state index is 0.194. The summed E-state index contributed by atoms with van der Waals surface area (Å²) in [5.74, 6) is 0. The fourth-order valence-electron chi connectivity index (χ4n) is 4.11. The van der Waals surface area contributed by atoms with Gasteiger partial charge in [-0.15, -0.1) is 0 Å². The predicted molar refractivity (Wildman–Crippen MR) is 88.4 cm³/mol. The minimum absolute atomic E-state index is 0.194. The van der Waals surface area contributed by atoms with Crippen LogP contribution in [0.2, 0.25) is 0 Å². The maximum absolute atomic E-state index is 6.73. The molecule has 1 unspecified atom stereocenters. The average Bonchev–Trinajstić information content (AvgIpc) is 3.09. The predicted octanol–water partition coefficient (Wildman–Crippen LogP) is 2.51. The Morgan fingerprint density at radius 1 is 1.29 bits per heavy atom. The van der Waals surface area contributed by atoms with Crippen LogP contribution in [-0.4, -0.2) is 39.4 Å². The van der Waals surface area contributed by atoms with Gasteiger partial charge in [0, 0.05) is 30.7 Å². The summed E-state index contributed by atoms with van der Waals surface area (Å²) < 4.78 is 2.02. The van der Waals surface area contributed by atoms with Gasteiger partial charge >= 0.3 is 0 Å². The van der Waals surface area contributed by atoms with Crippen molar-refractivity contribution in [3.63, 3.8) is 0 Å². The smallest absolute Gasteiger partial charge is 0.0624 e. The molecule has 0 amide bonds. The Bertz CT molecular complexity index is 442. The van der Waals surface area contributed by atoms with Crippen LogP contribution >= 0.6 is 0 Å². The summed E-state index contributed by atoms with van der Waals surface area (Å²) in [6, 6.07) is 2.42. The van der Waals surface area contributed by atoms with Crippen molar-refractivity contribution in [1.29, 1.82) is 0 Å². The van der Waals surface area contributed by atoms with E-state index in [0.717, 1.165) is 25.9 Å². The molecule has 1 saturated carbocycles. The lowest BCUT2D eigenvalue weighted by Crippen LogP contribution is -2.59. The fraction of sp³-hybridized carbons (Fsp3) is 0.824. The zero-order valence-corrected chi connectivity index (χ0v) is 14.2. The zero-order chi connectivity index (χ0) is 15.5. The van der Waals surface area contributed by atoms with E-state index in [1.54, 1.807) is 0 Å². The first kappa shape index (κ1) is 16.5. The maximum Gasteiger partial charge on any atom is 0.0624 e. The molecule has 21 heavy (non-hydrogen) atoms. The monoisotopic (exact) mass is 292 g/mol. The van der Waals surface area contributed by atoms with Crippen molar-refractivity contribution in [3.8, 4) is 0 Å². The molecule has 2 rings (SSSR count). The molecule has 0 aliphatic heterocycles. The number of hydrogen-bond acceptors (Lipinski definition) is 3. The molecule has 1 aromatic rings. The molecule has 0 saturated heterocycles. The number of rotatable bonds is 7. The average molecular weight is 292 g/mol. The van der Waals surface area contributed by atoms with Crippen molar-refractivity contribution in [2.45, 2.75) is 70.9 Å². The van der Waals surface area contributed by atoms with Crippen LogP contribution in [0, 0.1) is 0 Å². The van der Waals surface area contributed by atoms with E-state index in [9.17, 15) is 0 Å². The van der Waals surface area contributed by atoms with Crippen LogP contribution in [-0.2, 0) is 19.9 Å². The van der Waals surface area contributed by atoms with Gasteiger partial charge in [-0.05, 0) is 38.4 Å². The second-order valence-corrected chi connectivity index (χ2v) is 6.40. The van der Waals surface area contributed by atoms with Crippen molar-refractivity contribution in [1.82, 2.24) is 14.7 Å². The quantitative estimate of drug-likeness (QED) is 0.840. The van der Waals surface area contributed by atoms with E-state index in [0.29, 0.717) is 0 Å². The Labute approximate surface area is 129 Å². The van der Waals surface area contributed by atoms with Gasteiger partial charge in [-0.2, -0.15) is 5.10 Å². The highest BCUT2D eigenvalue weighted by molar-refractivity contribution is 5.14. The minimum Gasteiger partial charge on any atom is -0.326 e. The van der Waals surface area contributed by atoms with Gasteiger partial charge in [0.25, 0.3) is 0 Å². The molecule has 0 bridgehead atoms. The van der Waals surface area contributed by atoms with Crippen LogP contribution in [0.5, 0.6) is 0 Å². The number of aromatic nitrogens is 2. The maximum atomic E-state index is 6.73. The molecule has 1 heterocycles. The summed E-state index contributed by atoms with van der Waals surface area (Å²) in [5, 5.41) is 4.56. The first-order valence-electron chi connectivity index (χ1n) is 8.59. The fourth-order valence-corrected chi connectivity index (χ4v) is 4.11. The van der Waals surface area contributed by atoms with Crippen molar-refractivity contribution in [3.05, 3.63) is 17.5 Å². The van der Waals surface area contributed by atoms with Gasteiger partial charge in [0.15, 0.2) is 0 Å². The van der Waals surface area contributed by atoms with Crippen LogP contribution in [0.3, 0.4) is 0 Å². The molecule has 1 aliphatic rings. The molecule has 1 fully saturated rings. The highest BCUT2D eigenvalue weighted by Crippen LogP contribution is 2.38. The Morgan fingerprint density at radius 3 is 2.38 bits per heavy atom. The normalized spacial score (nSPS) is 19.3. The van der Waals surface area contributed by atoms with Gasteiger partial charge in [0.2, 0.25) is 0 Å². The first-order valence-corrected chi connectivity index (χ1v) is 8.59. The summed E-state index contributed by atoms with van der Waals surface area (Å²) in [4.78, 5) is 2.60. The molecular weight excluding hydrogens is 260 g/mol. The van der Waals surface area contributed by atoms with Crippen LogP contribution in [0.25, 0.3) is 0 Å². The van der Waals surface area contributed by atoms with Crippen LogP contribution in [0.4, 0.5) is 0 Å². The van der Waals surface area contributed by atoms with Crippen molar-refractivity contribution >= 4 is 0 Å². The molecule has 2 N–H and O–H groups in total. The molecule has 120 valence electrons. The third-order valence-electron chi connectivity index (χ3n) is 5.37. The van der Waals surface area contributed by atoms with Gasteiger partial charge in [0.05, 0.1) is 5.69 Å². The number of aryl methyl sites for hydroxylation is 2. The molecule has 0 aromatic carbocycles. The lowest BCUT2D eigenvalue weighted by Gasteiger charge is -2.45. The van der Waals surface area contributed by atoms with E-state index in [1.165, 1.54) is 37.1 Å². The molecule has 1 aromatic heterocycles. The van der Waals surface area contributed by atoms with E-state index in [4.69, 9.17) is 5.73 Å². The molecule has 4 nitrogen and oxygen atoms in total. The summed E-state index contributed by atoms with van der Waals surface area (Å²) in [5.41, 5.74) is 9.37. The third-order valence-corrected chi connectivity index (χ3v) is 5.37. The molecule has 0 spiro atoms. The second kappa shape index (κ2) is 6.93. The van der Waals surface area contributed by atoms with Crippen LogP contribution < -0.4 is 5.73 Å². The first-order chi connectivity index (χ1) is 10.1. The number of nitrogens with zero attached hydrogens (tertiary/aromatic N) is 3. The standard InChI is InChI=1S/C17H32N4/c1-5-14-12-15(20(4)19-14)13-16(18)17(10-8-9-11-17)21(6-2)7-3/h12,16H,5-11,13,18H2,1-4H3. The van der Waals surface area contributed by atoms with Crippen LogP contribution in [0.15, 0.2) is 6.07 Å². The van der Waals surface area contributed by atoms with Crippen molar-refractivity contribution in [2.24, 2.45) is 12.8 Å². The van der Waals surface area contributed by atoms with E-state index >= 15 is 0 Å². The Morgan fingerprint density at radius 2 is 1.90 bits per heavy atom. The van der Waals surface area contributed by atoms with Gasteiger partial charge < -0.3 is 5.73 Å². The van der Waals surface area contributed by atoms with Gasteiger partial charge in [-0.1, -0.05) is 33.6 Å². The molecule has 1 aliphatic carbocycles. The largest absolute Gasteiger partial charge is 0.326 e. The SMILES string of the molecule is CCc1cc(CC(N)C2(N(CC)CC)CCCC2)n(C)n1. The van der Waals surface area contributed by atoms with E-state index in [2.05, 4.69) is 36.8 Å². The van der Waals surface area contributed by atoms with E-state index < -0.39 is 0 Å². The Kier molecular flexibility index (Phi) is 5.44. The number of likely N-dealkylation sites (N-methyl/N-ethyl adjacent to an activating group) is 1. The summed E-state index contributed by atoms with van der Waals surface area (Å²) in [6.07, 6.45) is 7.04. The summed E-state index contributed by atoms with van der Waals surface area (Å²) >= 11 is 0. The summed E-state index contributed by atoms with van der Waals surface area (Å²) in [7, 11) is 2.04. The van der Waals surface area contributed by atoms with Crippen molar-refractivity contribution < 1.29 is 0 Å². The Hall–Kier alpha value is -0.870. The second-order valence-electron chi connectivity index (χ2n) is 6.40. The van der Waals surface area contributed by atoms with Crippen LogP contribution in [0.1, 0.15) is 57.8 Å². The third kappa shape index (κ3) is 3.16. The van der Waals surface area contributed by atoms with Crippen molar-refractivity contribution in [2.75, 3.05) is 13.1 Å². The topological polar surface area (TPSA) is 47.1 Å². The van der Waals surface area contributed by atoms with E-state index in [1.807, 2.05) is 11.7 Å². The highest BCUT2D eigenvalue weighted by Gasteiger charge is 2.43. The zero-order valence-electron chi connectivity index (χ0n) is 14.2. The number of nitrogens with two attached hydrogens (primary N) is 1. The molecule has 1 atom stereocenters. The van der Waals surface area contributed by atoms with E-state index in [-0.39, 0.29) is 11.6 Å². The molecular formula is C17H32N4. The molecule has 4 heteroatoms. The highest BCUT2D eigenvalue weighted by atomic mass is 15.3. The van der Waals surface area contributed by atoms with Gasteiger partial charge in [-0.3, -0.25) is 9.58 Å². The Balaban J connectivity index is 2.18. The lowest BCUT2D eigenvalue weighted by molar-refractivity contribution is 0.0765. The number of hydrogen-bond donors (Lipinski definition) is 1.